The number of thioether (sulfide) groups is 1. The average Bonchev–Trinajstić information content (AvgIpc) is 3.00. The van der Waals surface area contributed by atoms with Crippen LogP contribution in [0.4, 0.5) is 5.69 Å². The van der Waals surface area contributed by atoms with Gasteiger partial charge in [0.1, 0.15) is 0 Å². The number of aromatic nitrogens is 1. The molecule has 3 N–H and O–H groups in total. The zero-order valence-electron chi connectivity index (χ0n) is 14.4. The van der Waals surface area contributed by atoms with Gasteiger partial charge in [0.15, 0.2) is 5.17 Å². The molecule has 2 heterocycles. The van der Waals surface area contributed by atoms with Gasteiger partial charge in [-0.1, -0.05) is 18.2 Å². The van der Waals surface area contributed by atoms with E-state index in [1.54, 1.807) is 24.4 Å². The van der Waals surface area contributed by atoms with Crippen LogP contribution in [0.25, 0.3) is 17.0 Å². The van der Waals surface area contributed by atoms with Crippen LogP contribution in [0.1, 0.15) is 5.56 Å². The maximum atomic E-state index is 12.3. The maximum absolute atomic E-state index is 12.3. The van der Waals surface area contributed by atoms with E-state index in [2.05, 4.69) is 15.3 Å². The summed E-state index contributed by atoms with van der Waals surface area (Å²) in [6.45, 7) is 0. The summed E-state index contributed by atoms with van der Waals surface area (Å²) in [6, 6.07) is 15.5. The summed E-state index contributed by atoms with van der Waals surface area (Å²) in [5.74, 6) is -0.266. The van der Waals surface area contributed by atoms with Gasteiger partial charge in [0.25, 0.3) is 5.91 Å². The predicted molar refractivity (Wildman–Crippen MR) is 110 cm³/mol. The molecule has 0 unspecified atom stereocenters. The second kappa shape index (κ2) is 7.19. The summed E-state index contributed by atoms with van der Waals surface area (Å²) in [5.41, 5.74) is 2.13. The number of carbonyl (C=O) groups is 1. The molecule has 1 aliphatic rings. The lowest BCUT2D eigenvalue weighted by molar-refractivity contribution is -0.115. The number of nitrogens with one attached hydrogen (secondary N) is 1. The lowest BCUT2D eigenvalue weighted by Gasteiger charge is -2.00. The van der Waals surface area contributed by atoms with Crippen LogP contribution >= 0.6 is 11.8 Å². The molecule has 1 aromatic heterocycles. The van der Waals surface area contributed by atoms with Gasteiger partial charge >= 0.3 is 0 Å². The van der Waals surface area contributed by atoms with Gasteiger partial charge in [0, 0.05) is 11.6 Å². The first kappa shape index (κ1) is 18.4. The third-order valence-corrected chi connectivity index (χ3v) is 5.77. The molecule has 3 aromatic rings. The van der Waals surface area contributed by atoms with Crippen LogP contribution in [0.5, 0.6) is 0 Å². The summed E-state index contributed by atoms with van der Waals surface area (Å²) in [7, 11) is -3.82. The molecule has 1 aliphatic heterocycles. The zero-order valence-corrected chi connectivity index (χ0v) is 16.0. The quantitative estimate of drug-likeness (QED) is 0.645. The molecular weight excluding hydrogens is 396 g/mol. The number of nitrogens with zero attached hydrogens (tertiary/aromatic N) is 2. The van der Waals surface area contributed by atoms with Crippen LogP contribution in [0.3, 0.4) is 0 Å². The number of benzene rings is 2. The van der Waals surface area contributed by atoms with Crippen LogP contribution in [0, 0.1) is 0 Å². The van der Waals surface area contributed by atoms with Crippen molar-refractivity contribution in [3.05, 3.63) is 71.3 Å². The van der Waals surface area contributed by atoms with E-state index < -0.39 is 10.0 Å². The van der Waals surface area contributed by atoms with E-state index in [9.17, 15) is 13.2 Å². The summed E-state index contributed by atoms with van der Waals surface area (Å²) >= 11 is 1.18. The number of amides is 1. The summed E-state index contributed by atoms with van der Waals surface area (Å²) < 4.78 is 22.9. The molecule has 1 amide bonds. The van der Waals surface area contributed by atoms with Gasteiger partial charge in [-0.15, -0.1) is 0 Å². The Morgan fingerprint density at radius 2 is 1.96 bits per heavy atom. The van der Waals surface area contributed by atoms with E-state index in [1.165, 1.54) is 23.9 Å². The minimum absolute atomic E-state index is 0.0378. The van der Waals surface area contributed by atoms with Gasteiger partial charge < -0.3 is 5.32 Å². The number of rotatable bonds is 3. The molecule has 28 heavy (non-hydrogen) atoms. The van der Waals surface area contributed by atoms with E-state index in [4.69, 9.17) is 5.14 Å². The summed E-state index contributed by atoms with van der Waals surface area (Å²) in [5, 5.41) is 9.17. The number of hydrogen-bond donors (Lipinski definition) is 2. The standard InChI is InChI=1S/C19H14N4O3S2/c20-28(25,26)15-5-1-4-14(11-15)22-19-23-18(24)17(27-19)10-12-6-7-16-13(9-12)3-2-8-21-16/h1-11H,(H2,20,25,26)(H,22,23,24)/b17-10-. The fourth-order valence-corrected chi connectivity index (χ4v) is 4.06. The van der Waals surface area contributed by atoms with E-state index >= 15 is 0 Å². The van der Waals surface area contributed by atoms with E-state index in [0.717, 1.165) is 16.5 Å². The van der Waals surface area contributed by atoms with Crippen molar-refractivity contribution in [2.75, 3.05) is 0 Å². The molecule has 0 bridgehead atoms. The highest BCUT2D eigenvalue weighted by molar-refractivity contribution is 8.18. The second-order valence-electron chi connectivity index (χ2n) is 5.98. The number of aliphatic imine (C=N–C) groups is 1. The number of primary sulfonamides is 1. The normalized spacial score (nSPS) is 17.4. The molecule has 2 aromatic carbocycles. The lowest BCUT2D eigenvalue weighted by Crippen LogP contribution is -2.19. The first-order chi connectivity index (χ1) is 13.4. The van der Waals surface area contributed by atoms with Crippen molar-refractivity contribution in [3.8, 4) is 0 Å². The fourth-order valence-electron chi connectivity index (χ4n) is 2.66. The van der Waals surface area contributed by atoms with Crippen LogP contribution in [0.2, 0.25) is 0 Å². The van der Waals surface area contributed by atoms with E-state index in [0.29, 0.717) is 15.8 Å². The highest BCUT2D eigenvalue weighted by Crippen LogP contribution is 2.29. The number of fused-ring (bicyclic) bond motifs is 1. The van der Waals surface area contributed by atoms with Crippen LogP contribution in [-0.4, -0.2) is 24.5 Å². The molecule has 0 atom stereocenters. The summed E-state index contributed by atoms with van der Waals surface area (Å²) in [4.78, 5) is 21.3. The molecule has 140 valence electrons. The first-order valence-corrected chi connectivity index (χ1v) is 10.5. The molecule has 1 saturated heterocycles. The van der Waals surface area contributed by atoms with Gasteiger partial charge in [-0.25, -0.2) is 18.5 Å². The highest BCUT2D eigenvalue weighted by atomic mass is 32.2. The molecular formula is C19H14N4O3S2. The Bertz CT molecular complexity index is 1270. The van der Waals surface area contributed by atoms with Gasteiger partial charge in [0.05, 0.1) is 21.0 Å². The van der Waals surface area contributed by atoms with Crippen molar-refractivity contribution in [1.29, 1.82) is 0 Å². The van der Waals surface area contributed by atoms with Gasteiger partial charge in [-0.2, -0.15) is 0 Å². The molecule has 0 aliphatic carbocycles. The Hall–Kier alpha value is -3.01. The highest BCUT2D eigenvalue weighted by Gasteiger charge is 2.24. The molecule has 0 radical (unpaired) electrons. The minimum Gasteiger partial charge on any atom is -0.300 e. The van der Waals surface area contributed by atoms with Crippen molar-refractivity contribution in [2.24, 2.45) is 10.1 Å². The zero-order chi connectivity index (χ0) is 19.7. The van der Waals surface area contributed by atoms with Crippen LogP contribution in [0.15, 0.2) is 75.6 Å². The van der Waals surface area contributed by atoms with Crippen molar-refractivity contribution in [1.82, 2.24) is 10.3 Å². The molecule has 7 nitrogen and oxygen atoms in total. The lowest BCUT2D eigenvalue weighted by atomic mass is 10.1. The number of carbonyl (C=O) groups excluding carboxylic acids is 1. The Kier molecular flexibility index (Phi) is 4.71. The number of hydrogen-bond acceptors (Lipinski definition) is 6. The average molecular weight is 410 g/mol. The van der Waals surface area contributed by atoms with Crippen molar-refractivity contribution in [2.45, 2.75) is 4.90 Å². The third-order valence-electron chi connectivity index (χ3n) is 3.95. The molecule has 9 heteroatoms. The SMILES string of the molecule is NS(=O)(=O)c1cccc(/N=C2/NC(=O)/C(=C/c3ccc4ncccc4c3)S2)c1. The van der Waals surface area contributed by atoms with Crippen molar-refractivity contribution >= 4 is 55.5 Å². The maximum Gasteiger partial charge on any atom is 0.264 e. The number of amidine groups is 1. The molecule has 0 saturated carbocycles. The monoisotopic (exact) mass is 410 g/mol. The fraction of sp³-hybridized carbons (Fsp3) is 0. The number of nitrogens with two attached hydrogens (primary N) is 1. The molecule has 0 spiro atoms. The Morgan fingerprint density at radius 1 is 1.11 bits per heavy atom. The number of pyridine rings is 1. The molecule has 1 fully saturated rings. The van der Waals surface area contributed by atoms with Gasteiger partial charge in [-0.05, 0) is 59.8 Å². The second-order valence-corrected chi connectivity index (χ2v) is 8.57. The minimum atomic E-state index is -3.82. The Labute approximate surface area is 165 Å². The number of sulfonamides is 1. The predicted octanol–water partition coefficient (Wildman–Crippen LogP) is 2.77. The largest absolute Gasteiger partial charge is 0.300 e. The van der Waals surface area contributed by atoms with Crippen molar-refractivity contribution < 1.29 is 13.2 Å². The van der Waals surface area contributed by atoms with Gasteiger partial charge in [-0.3, -0.25) is 9.78 Å². The topological polar surface area (TPSA) is 115 Å². The van der Waals surface area contributed by atoms with E-state index in [-0.39, 0.29) is 10.8 Å². The van der Waals surface area contributed by atoms with E-state index in [1.807, 2.05) is 30.3 Å². The smallest absolute Gasteiger partial charge is 0.264 e. The van der Waals surface area contributed by atoms with Crippen LogP contribution in [-0.2, 0) is 14.8 Å². The Balaban J connectivity index is 1.61. The third kappa shape index (κ3) is 3.96. The van der Waals surface area contributed by atoms with Gasteiger partial charge in [0.2, 0.25) is 10.0 Å². The summed E-state index contributed by atoms with van der Waals surface area (Å²) in [6.07, 6.45) is 3.50. The van der Waals surface area contributed by atoms with Crippen LogP contribution < -0.4 is 10.5 Å². The molecule has 4 rings (SSSR count). The Morgan fingerprint density at radius 3 is 2.79 bits per heavy atom. The van der Waals surface area contributed by atoms with Crippen molar-refractivity contribution in [3.63, 3.8) is 0 Å². The first-order valence-electron chi connectivity index (χ1n) is 8.16.